The van der Waals surface area contributed by atoms with Crippen LogP contribution in [0.1, 0.15) is 21.6 Å². The molecular formula is C19H16IN3O2S. The second kappa shape index (κ2) is 8.41. The summed E-state index contributed by atoms with van der Waals surface area (Å²) in [5, 5.41) is 7.91. The molecule has 0 aliphatic carbocycles. The molecule has 3 aromatic rings. The van der Waals surface area contributed by atoms with Crippen molar-refractivity contribution in [2.45, 2.75) is 13.3 Å². The van der Waals surface area contributed by atoms with E-state index in [2.05, 4.69) is 38.2 Å². The summed E-state index contributed by atoms with van der Waals surface area (Å²) in [4.78, 5) is 28.7. The van der Waals surface area contributed by atoms with Gasteiger partial charge < -0.3 is 5.32 Å². The quantitative estimate of drug-likeness (QED) is 0.532. The minimum absolute atomic E-state index is 0.138. The molecule has 0 saturated heterocycles. The fourth-order valence-corrected chi connectivity index (χ4v) is 3.68. The van der Waals surface area contributed by atoms with Gasteiger partial charge in [-0.15, -0.1) is 11.3 Å². The normalized spacial score (nSPS) is 10.4. The first kappa shape index (κ1) is 18.5. The average molecular weight is 477 g/mol. The Morgan fingerprint density at radius 2 is 1.88 bits per heavy atom. The number of rotatable bonds is 5. The van der Waals surface area contributed by atoms with Gasteiger partial charge in [-0.2, -0.15) is 0 Å². The van der Waals surface area contributed by atoms with E-state index in [1.807, 2.05) is 31.2 Å². The van der Waals surface area contributed by atoms with E-state index >= 15 is 0 Å². The molecule has 0 aliphatic heterocycles. The maximum Gasteiger partial charge on any atom is 0.257 e. The first-order chi connectivity index (χ1) is 12.5. The van der Waals surface area contributed by atoms with Crippen molar-refractivity contribution in [1.82, 2.24) is 4.98 Å². The molecule has 0 atom stereocenters. The number of aryl methyl sites for hydroxylation is 1. The van der Waals surface area contributed by atoms with Crippen LogP contribution in [-0.2, 0) is 11.2 Å². The highest BCUT2D eigenvalue weighted by Gasteiger charge is 2.12. The number of nitrogens with zero attached hydrogens (tertiary/aromatic N) is 1. The van der Waals surface area contributed by atoms with E-state index < -0.39 is 0 Å². The molecule has 0 spiro atoms. The third kappa shape index (κ3) is 4.89. The summed E-state index contributed by atoms with van der Waals surface area (Å²) in [7, 11) is 0. The van der Waals surface area contributed by atoms with E-state index in [9.17, 15) is 9.59 Å². The number of nitrogens with one attached hydrogen (secondary N) is 2. The van der Waals surface area contributed by atoms with Crippen molar-refractivity contribution in [2.75, 3.05) is 10.6 Å². The van der Waals surface area contributed by atoms with Crippen molar-refractivity contribution >= 4 is 56.6 Å². The molecule has 26 heavy (non-hydrogen) atoms. The van der Waals surface area contributed by atoms with Crippen molar-refractivity contribution in [1.29, 1.82) is 0 Å². The van der Waals surface area contributed by atoms with Crippen LogP contribution in [0.5, 0.6) is 0 Å². The van der Waals surface area contributed by atoms with Gasteiger partial charge in [0, 0.05) is 20.2 Å². The lowest BCUT2D eigenvalue weighted by Gasteiger charge is -2.08. The second-order valence-corrected chi connectivity index (χ2v) is 7.75. The molecule has 2 aromatic carbocycles. The molecule has 0 unspecified atom stereocenters. The number of hydrogen-bond donors (Lipinski definition) is 2. The van der Waals surface area contributed by atoms with Crippen LogP contribution < -0.4 is 10.6 Å². The Bertz CT molecular complexity index is 941. The molecule has 2 amide bonds. The molecule has 7 heteroatoms. The Balaban J connectivity index is 1.59. The molecule has 3 rings (SSSR count). The third-order valence-electron chi connectivity index (χ3n) is 3.61. The zero-order valence-electron chi connectivity index (χ0n) is 14.0. The van der Waals surface area contributed by atoms with E-state index in [1.165, 1.54) is 11.3 Å². The summed E-state index contributed by atoms with van der Waals surface area (Å²) in [5.74, 6) is -0.356. The van der Waals surface area contributed by atoms with Gasteiger partial charge in [-0.3, -0.25) is 14.9 Å². The minimum Gasteiger partial charge on any atom is -0.326 e. The number of anilines is 2. The molecule has 5 nitrogen and oxygen atoms in total. The van der Waals surface area contributed by atoms with Gasteiger partial charge in [0.1, 0.15) is 0 Å². The number of amides is 2. The van der Waals surface area contributed by atoms with Crippen LogP contribution in [0.4, 0.5) is 10.8 Å². The summed E-state index contributed by atoms with van der Waals surface area (Å²) >= 11 is 3.54. The summed E-state index contributed by atoms with van der Waals surface area (Å²) in [6.07, 6.45) is 0.156. The van der Waals surface area contributed by atoms with E-state index in [4.69, 9.17) is 0 Å². The number of benzene rings is 2. The summed E-state index contributed by atoms with van der Waals surface area (Å²) in [6.45, 7) is 1.96. The fourth-order valence-electron chi connectivity index (χ4n) is 2.33. The number of halogens is 1. The predicted octanol–water partition coefficient (Wildman–Crippen LogP) is 4.49. The van der Waals surface area contributed by atoms with Crippen LogP contribution in [0.15, 0.2) is 53.9 Å². The molecule has 1 aromatic heterocycles. The molecule has 0 radical (unpaired) electrons. The monoisotopic (exact) mass is 477 g/mol. The van der Waals surface area contributed by atoms with Gasteiger partial charge in [-0.05, 0) is 65.4 Å². The lowest BCUT2D eigenvalue weighted by atomic mass is 10.2. The highest BCUT2D eigenvalue weighted by molar-refractivity contribution is 14.1. The first-order valence-corrected chi connectivity index (χ1v) is 9.84. The van der Waals surface area contributed by atoms with Crippen molar-refractivity contribution in [3.05, 3.63) is 74.3 Å². The van der Waals surface area contributed by atoms with E-state index in [0.717, 1.165) is 14.8 Å². The lowest BCUT2D eigenvalue weighted by molar-refractivity contribution is -0.115. The van der Waals surface area contributed by atoms with Crippen LogP contribution >= 0.6 is 33.9 Å². The molecule has 2 N–H and O–H groups in total. The minimum atomic E-state index is -0.217. The Kier molecular flexibility index (Phi) is 6.00. The van der Waals surface area contributed by atoms with Gasteiger partial charge >= 0.3 is 0 Å². The SMILES string of the molecule is Cc1cc(I)ccc1NC(=O)Cc1csc(NC(=O)c2ccccc2)n1. The Morgan fingerprint density at radius 3 is 2.62 bits per heavy atom. The Morgan fingerprint density at radius 1 is 1.12 bits per heavy atom. The predicted molar refractivity (Wildman–Crippen MR) is 113 cm³/mol. The van der Waals surface area contributed by atoms with Crippen molar-refractivity contribution in [3.63, 3.8) is 0 Å². The molecule has 1 heterocycles. The number of thiazole rings is 1. The number of carbonyl (C=O) groups is 2. The average Bonchev–Trinajstić information content (AvgIpc) is 3.05. The highest BCUT2D eigenvalue weighted by Crippen LogP contribution is 2.20. The van der Waals surface area contributed by atoms with Crippen molar-refractivity contribution in [3.8, 4) is 0 Å². The lowest BCUT2D eigenvalue weighted by Crippen LogP contribution is -2.16. The number of carbonyl (C=O) groups excluding carboxylic acids is 2. The first-order valence-electron chi connectivity index (χ1n) is 7.88. The number of hydrogen-bond acceptors (Lipinski definition) is 4. The van der Waals surface area contributed by atoms with Crippen LogP contribution in [-0.4, -0.2) is 16.8 Å². The topological polar surface area (TPSA) is 71.1 Å². The third-order valence-corrected chi connectivity index (χ3v) is 5.09. The zero-order valence-corrected chi connectivity index (χ0v) is 16.9. The van der Waals surface area contributed by atoms with E-state index in [-0.39, 0.29) is 18.2 Å². The summed E-state index contributed by atoms with van der Waals surface area (Å²) < 4.78 is 1.12. The standard InChI is InChI=1S/C19H16IN3O2S/c1-12-9-14(20)7-8-16(12)22-17(24)10-15-11-26-19(21-15)23-18(25)13-5-3-2-4-6-13/h2-9,11H,10H2,1H3,(H,22,24)(H,21,23,25). The molecule has 0 aliphatic rings. The second-order valence-electron chi connectivity index (χ2n) is 5.65. The van der Waals surface area contributed by atoms with E-state index in [0.29, 0.717) is 16.4 Å². The van der Waals surface area contributed by atoms with Gasteiger partial charge in [0.15, 0.2) is 5.13 Å². The molecule has 132 valence electrons. The largest absolute Gasteiger partial charge is 0.326 e. The zero-order chi connectivity index (χ0) is 18.5. The van der Waals surface area contributed by atoms with Gasteiger partial charge in [-0.1, -0.05) is 18.2 Å². The van der Waals surface area contributed by atoms with Crippen LogP contribution in [0, 0.1) is 10.5 Å². The highest BCUT2D eigenvalue weighted by atomic mass is 127. The summed E-state index contributed by atoms with van der Waals surface area (Å²) in [6, 6.07) is 14.8. The van der Waals surface area contributed by atoms with Gasteiger partial charge in [0.2, 0.25) is 5.91 Å². The maximum atomic E-state index is 12.2. The molecule has 0 bridgehead atoms. The maximum absolute atomic E-state index is 12.2. The van der Waals surface area contributed by atoms with Crippen molar-refractivity contribution < 1.29 is 9.59 Å². The number of aromatic nitrogens is 1. The Hall–Kier alpha value is -2.26. The molecular weight excluding hydrogens is 461 g/mol. The van der Waals surface area contributed by atoms with Gasteiger partial charge in [0.25, 0.3) is 5.91 Å². The smallest absolute Gasteiger partial charge is 0.257 e. The fraction of sp³-hybridized carbons (Fsp3) is 0.105. The van der Waals surface area contributed by atoms with Crippen LogP contribution in [0.25, 0.3) is 0 Å². The molecule has 0 saturated carbocycles. The van der Waals surface area contributed by atoms with E-state index in [1.54, 1.807) is 29.6 Å². The van der Waals surface area contributed by atoms with Crippen molar-refractivity contribution in [2.24, 2.45) is 0 Å². The Labute approximate surface area is 169 Å². The summed E-state index contributed by atoms with van der Waals surface area (Å²) in [5.41, 5.74) is 3.00. The van der Waals surface area contributed by atoms with Crippen LogP contribution in [0.2, 0.25) is 0 Å². The van der Waals surface area contributed by atoms with Gasteiger partial charge in [-0.25, -0.2) is 4.98 Å². The molecule has 0 fully saturated rings. The van der Waals surface area contributed by atoms with Gasteiger partial charge in [0.05, 0.1) is 12.1 Å². The van der Waals surface area contributed by atoms with Crippen LogP contribution in [0.3, 0.4) is 0 Å².